The van der Waals surface area contributed by atoms with Crippen molar-refractivity contribution < 1.29 is 37.0 Å². The van der Waals surface area contributed by atoms with Crippen molar-refractivity contribution in [3.63, 3.8) is 0 Å². The average Bonchev–Trinajstić information content (AvgIpc) is 2.56. The highest BCUT2D eigenvalue weighted by molar-refractivity contribution is 5.87. The number of hydrogen-bond donors (Lipinski definition) is 0. The first-order valence-electron chi connectivity index (χ1n) is 11.8. The Balaban J connectivity index is 4.80. The minimum Gasteiger partial charge on any atom is -0.461 e. The van der Waals surface area contributed by atoms with Crippen molar-refractivity contribution in [1.29, 1.82) is 0 Å². The first-order valence-corrected chi connectivity index (χ1v) is 11.8. The molecule has 0 bridgehead atoms. The third kappa shape index (κ3) is 14.5. The van der Waals surface area contributed by atoms with Crippen molar-refractivity contribution in [2.45, 2.75) is 13.8 Å². The monoisotopic (exact) mass is 487 g/mol. The number of esters is 2. The summed E-state index contributed by atoms with van der Waals surface area (Å²) in [7, 11) is 19.9. The summed E-state index contributed by atoms with van der Waals surface area (Å²) in [6, 6.07) is 0. The molecule has 9 nitrogen and oxygen atoms in total. The Morgan fingerprint density at radius 1 is 0.676 bits per heavy atom. The fraction of sp³-hybridized carbons (Fsp3) is 0.760. The molecule has 0 aliphatic carbocycles. The van der Waals surface area contributed by atoms with Crippen LogP contribution in [-0.4, -0.2) is 151 Å². The molecule has 0 fully saturated rings. The van der Waals surface area contributed by atoms with E-state index < -0.39 is 0 Å². The lowest BCUT2D eigenvalue weighted by atomic mass is 10.4. The fourth-order valence-corrected chi connectivity index (χ4v) is 4.96. The van der Waals surface area contributed by atoms with Crippen LogP contribution < -0.4 is 0 Å². The highest BCUT2D eigenvalue weighted by Gasteiger charge is 2.37. The molecule has 0 aliphatic heterocycles. The van der Waals surface area contributed by atoms with E-state index in [4.69, 9.17) is 9.47 Å². The average molecular weight is 488 g/mol. The number of hydrogen-bond acceptors (Lipinski definition) is 5. The lowest BCUT2D eigenvalue weighted by molar-refractivity contribution is -1.18. The van der Waals surface area contributed by atoms with Crippen LogP contribution >= 0.6 is 0 Å². The second-order valence-electron chi connectivity index (χ2n) is 12.4. The zero-order valence-corrected chi connectivity index (χ0v) is 23.9. The van der Waals surface area contributed by atoms with Gasteiger partial charge in [0.25, 0.3) is 0 Å². The fourth-order valence-electron chi connectivity index (χ4n) is 4.96. The van der Waals surface area contributed by atoms with E-state index in [1.807, 2.05) is 0 Å². The Hall–Kier alpha value is -1.78. The third-order valence-electron chi connectivity index (χ3n) is 5.25. The summed E-state index contributed by atoms with van der Waals surface area (Å²) in [5.74, 6) is -0.666. The number of carbonyl (C=O) groups is 2. The smallest absolute Gasteiger partial charge is 0.333 e. The second kappa shape index (κ2) is 12.8. The molecule has 0 radical (unpaired) electrons. The van der Waals surface area contributed by atoms with E-state index in [9.17, 15) is 9.59 Å². The normalized spacial score (nSPS) is 13.1. The van der Waals surface area contributed by atoms with Gasteiger partial charge in [0.05, 0.1) is 56.4 Å². The van der Waals surface area contributed by atoms with Crippen LogP contribution in [0.5, 0.6) is 0 Å². The molecular weight excluding hydrogens is 434 g/mol. The minimum absolute atomic E-state index is 0.328. The van der Waals surface area contributed by atoms with Gasteiger partial charge in [0, 0.05) is 17.7 Å². The quantitative estimate of drug-likeness (QED) is 0.142. The second-order valence-corrected chi connectivity index (χ2v) is 12.4. The van der Waals surface area contributed by atoms with Gasteiger partial charge in [-0.1, -0.05) is 13.2 Å². The van der Waals surface area contributed by atoms with Crippen molar-refractivity contribution in [2.24, 2.45) is 0 Å². The summed E-state index contributed by atoms with van der Waals surface area (Å²) in [6.45, 7) is 16.4. The van der Waals surface area contributed by atoms with Crippen LogP contribution in [0.25, 0.3) is 0 Å². The van der Waals surface area contributed by atoms with Crippen molar-refractivity contribution in [1.82, 2.24) is 4.90 Å². The number of ether oxygens (including phenoxy) is 2. The van der Waals surface area contributed by atoms with Crippen LogP contribution in [0.4, 0.5) is 0 Å². The molecule has 0 aromatic heterocycles. The standard InChI is InChI=1S/C25H53N5O4/c1-22(2)24(31)33-16-14-26(5)18-28(8,9)20-30(12,13)21-29(10,11)19-27(6,7)15-17-34-25(32)23(3)4/h1,3,14-21H2,2,4-13H3/q+4. The Labute approximate surface area is 208 Å². The van der Waals surface area contributed by atoms with Gasteiger partial charge in [-0.05, 0) is 20.9 Å². The predicted molar refractivity (Wildman–Crippen MR) is 137 cm³/mol. The molecule has 0 aliphatic rings. The van der Waals surface area contributed by atoms with E-state index in [1.165, 1.54) is 0 Å². The SMILES string of the molecule is C=C(C)C(=O)OCCN(C)C[N+](C)(C)C[N+](C)(C)C[N+](C)(C)C[N+](C)(C)CCOC(=O)C(=C)C. The molecular formula is C25H53N5O4+4. The summed E-state index contributed by atoms with van der Waals surface area (Å²) >= 11 is 0. The molecule has 198 valence electrons. The lowest BCUT2D eigenvalue weighted by Crippen LogP contribution is -2.66. The van der Waals surface area contributed by atoms with Gasteiger partial charge in [0.2, 0.25) is 20.0 Å². The van der Waals surface area contributed by atoms with Crippen molar-refractivity contribution in [3.8, 4) is 0 Å². The van der Waals surface area contributed by atoms with Crippen LogP contribution in [-0.2, 0) is 19.1 Å². The number of quaternary nitrogens is 4. The third-order valence-corrected chi connectivity index (χ3v) is 5.25. The maximum absolute atomic E-state index is 11.7. The summed E-state index contributed by atoms with van der Waals surface area (Å²) < 4.78 is 13.8. The predicted octanol–water partition coefficient (Wildman–Crippen LogP) is 1.29. The maximum atomic E-state index is 11.7. The first kappa shape index (κ1) is 32.2. The van der Waals surface area contributed by atoms with E-state index in [0.717, 1.165) is 51.2 Å². The number of carbonyl (C=O) groups excluding carboxylic acids is 2. The van der Waals surface area contributed by atoms with Crippen molar-refractivity contribution in [3.05, 3.63) is 24.3 Å². The van der Waals surface area contributed by atoms with Gasteiger partial charge in [-0.2, -0.15) is 0 Å². The number of nitrogens with zero attached hydrogens (tertiary/aromatic N) is 5. The summed E-state index contributed by atoms with van der Waals surface area (Å²) in [5, 5.41) is 0. The Bertz CT molecular complexity index is 729. The molecule has 0 atom stereocenters. The molecule has 9 heteroatoms. The lowest BCUT2D eigenvalue weighted by Gasteiger charge is -2.45. The van der Waals surface area contributed by atoms with Gasteiger partial charge in [0.15, 0.2) is 0 Å². The molecule has 0 rings (SSSR count). The highest BCUT2D eigenvalue weighted by atomic mass is 16.5. The van der Waals surface area contributed by atoms with Crippen LogP contribution in [0.3, 0.4) is 0 Å². The molecule has 0 saturated heterocycles. The van der Waals surface area contributed by atoms with Gasteiger partial charge in [-0.25, -0.2) is 18.6 Å². The van der Waals surface area contributed by atoms with E-state index in [2.05, 4.69) is 81.5 Å². The molecule has 0 aromatic carbocycles. The molecule has 0 unspecified atom stereocenters. The van der Waals surface area contributed by atoms with Gasteiger partial charge < -0.3 is 9.47 Å². The van der Waals surface area contributed by atoms with Crippen LogP contribution in [0.2, 0.25) is 0 Å². The molecule has 0 N–H and O–H groups in total. The minimum atomic E-state index is -0.338. The van der Waals surface area contributed by atoms with Gasteiger partial charge in [-0.15, -0.1) is 0 Å². The van der Waals surface area contributed by atoms with Crippen molar-refractivity contribution >= 4 is 11.9 Å². The summed E-state index contributed by atoms with van der Waals surface area (Å²) in [6.07, 6.45) is 0. The Kier molecular flexibility index (Phi) is 12.1. The molecule has 0 aromatic rings. The largest absolute Gasteiger partial charge is 0.461 e. The van der Waals surface area contributed by atoms with Crippen LogP contribution in [0.15, 0.2) is 24.3 Å². The first-order chi connectivity index (χ1) is 15.2. The van der Waals surface area contributed by atoms with Gasteiger partial charge >= 0.3 is 11.9 Å². The van der Waals surface area contributed by atoms with Crippen molar-refractivity contribution in [2.75, 3.05) is 116 Å². The van der Waals surface area contributed by atoms with Crippen LogP contribution in [0.1, 0.15) is 13.8 Å². The van der Waals surface area contributed by atoms with E-state index in [-0.39, 0.29) is 11.9 Å². The Morgan fingerprint density at radius 3 is 1.50 bits per heavy atom. The van der Waals surface area contributed by atoms with E-state index >= 15 is 0 Å². The zero-order chi connectivity index (χ0) is 27.0. The molecule has 0 amide bonds. The summed E-state index contributed by atoms with van der Waals surface area (Å²) in [4.78, 5) is 25.4. The molecule has 0 spiro atoms. The Morgan fingerprint density at radius 2 is 1.06 bits per heavy atom. The number of likely N-dealkylation sites (N-methyl/N-ethyl adjacent to an activating group) is 2. The topological polar surface area (TPSA) is 55.8 Å². The molecule has 0 saturated carbocycles. The van der Waals surface area contributed by atoms with Gasteiger partial charge in [0.1, 0.15) is 26.4 Å². The molecule has 0 heterocycles. The maximum Gasteiger partial charge on any atom is 0.333 e. The molecule has 34 heavy (non-hydrogen) atoms. The highest BCUT2D eigenvalue weighted by Crippen LogP contribution is 2.14. The van der Waals surface area contributed by atoms with E-state index in [1.54, 1.807) is 13.8 Å². The zero-order valence-electron chi connectivity index (χ0n) is 23.9. The summed E-state index contributed by atoms with van der Waals surface area (Å²) in [5.41, 5.74) is 0.855. The van der Waals surface area contributed by atoms with Gasteiger partial charge in [-0.3, -0.25) is 13.9 Å². The van der Waals surface area contributed by atoms with Crippen LogP contribution in [0, 0.1) is 0 Å². The van der Waals surface area contributed by atoms with E-state index in [0.29, 0.717) is 30.9 Å². The number of rotatable bonds is 16.